The third-order valence-corrected chi connectivity index (χ3v) is 4.64. The van der Waals surface area contributed by atoms with Gasteiger partial charge >= 0.3 is 0 Å². The number of nitriles is 1. The standard InChI is InChI=1S/C14H25NOSi/c1-11(2)13-8-7-12(3)14(9-13,10-15)16-17(4,5)6/h12-13H,1,7-9H2,2-6H3/t12?,13-,14?/m1/s1. The average Bonchev–Trinajstić information content (AvgIpc) is 2.19. The van der Waals surface area contributed by atoms with Crippen LogP contribution in [0, 0.1) is 23.2 Å². The first-order valence-electron chi connectivity index (χ1n) is 6.47. The largest absolute Gasteiger partial charge is 0.400 e. The summed E-state index contributed by atoms with van der Waals surface area (Å²) in [6, 6.07) is 2.48. The molecule has 2 unspecified atom stereocenters. The van der Waals surface area contributed by atoms with Crippen LogP contribution in [0.3, 0.4) is 0 Å². The molecule has 2 nitrogen and oxygen atoms in total. The van der Waals surface area contributed by atoms with Crippen molar-refractivity contribution in [1.29, 1.82) is 5.26 Å². The Bertz CT molecular complexity index is 339. The van der Waals surface area contributed by atoms with E-state index in [1.165, 1.54) is 5.57 Å². The van der Waals surface area contributed by atoms with Crippen molar-refractivity contribution in [3.63, 3.8) is 0 Å². The van der Waals surface area contributed by atoms with E-state index in [4.69, 9.17) is 4.43 Å². The summed E-state index contributed by atoms with van der Waals surface area (Å²) in [5.74, 6) is 0.775. The van der Waals surface area contributed by atoms with Crippen molar-refractivity contribution in [3.05, 3.63) is 12.2 Å². The molecule has 0 N–H and O–H groups in total. The highest BCUT2D eigenvalue weighted by Gasteiger charge is 2.45. The molecule has 1 aliphatic rings. The van der Waals surface area contributed by atoms with Crippen molar-refractivity contribution in [2.45, 2.75) is 58.4 Å². The molecule has 17 heavy (non-hydrogen) atoms. The Morgan fingerprint density at radius 2 is 2.00 bits per heavy atom. The molecule has 0 heterocycles. The van der Waals surface area contributed by atoms with Crippen LogP contribution in [0.2, 0.25) is 19.6 Å². The highest BCUT2D eigenvalue weighted by Crippen LogP contribution is 2.43. The summed E-state index contributed by atoms with van der Waals surface area (Å²) >= 11 is 0. The fraction of sp³-hybridized carbons (Fsp3) is 0.786. The van der Waals surface area contributed by atoms with Crippen molar-refractivity contribution in [2.75, 3.05) is 0 Å². The van der Waals surface area contributed by atoms with Gasteiger partial charge in [0.05, 0.1) is 6.07 Å². The van der Waals surface area contributed by atoms with Crippen molar-refractivity contribution >= 4 is 8.32 Å². The summed E-state index contributed by atoms with van der Waals surface area (Å²) in [6.45, 7) is 14.7. The second kappa shape index (κ2) is 4.95. The quantitative estimate of drug-likeness (QED) is 0.558. The molecule has 0 aromatic heterocycles. The second-order valence-electron chi connectivity index (χ2n) is 6.44. The topological polar surface area (TPSA) is 33.0 Å². The van der Waals surface area contributed by atoms with Crippen LogP contribution < -0.4 is 0 Å². The molecule has 1 rings (SSSR count). The van der Waals surface area contributed by atoms with Crippen LogP contribution in [-0.2, 0) is 4.43 Å². The van der Waals surface area contributed by atoms with Crippen LogP contribution in [0.1, 0.15) is 33.1 Å². The molecular weight excluding hydrogens is 226 g/mol. The molecule has 0 radical (unpaired) electrons. The van der Waals surface area contributed by atoms with E-state index in [0.717, 1.165) is 19.3 Å². The minimum absolute atomic E-state index is 0.329. The number of hydrogen-bond donors (Lipinski definition) is 0. The molecule has 1 saturated carbocycles. The van der Waals surface area contributed by atoms with Gasteiger partial charge in [-0.25, -0.2) is 0 Å². The van der Waals surface area contributed by atoms with Crippen molar-refractivity contribution in [2.24, 2.45) is 11.8 Å². The number of rotatable bonds is 3. The number of allylic oxidation sites excluding steroid dienone is 1. The predicted molar refractivity (Wildman–Crippen MR) is 74.1 cm³/mol. The monoisotopic (exact) mass is 251 g/mol. The van der Waals surface area contributed by atoms with Crippen LogP contribution in [0.25, 0.3) is 0 Å². The molecule has 96 valence electrons. The minimum Gasteiger partial charge on any atom is -0.400 e. The van der Waals surface area contributed by atoms with Crippen LogP contribution in [0.4, 0.5) is 0 Å². The van der Waals surface area contributed by atoms with Crippen molar-refractivity contribution < 1.29 is 4.43 Å². The van der Waals surface area contributed by atoms with Gasteiger partial charge in [-0.3, -0.25) is 0 Å². The maximum absolute atomic E-state index is 9.59. The molecule has 3 heteroatoms. The lowest BCUT2D eigenvalue weighted by molar-refractivity contribution is 0.0121. The summed E-state index contributed by atoms with van der Waals surface area (Å²) in [5, 5.41) is 9.59. The van der Waals surface area contributed by atoms with Gasteiger partial charge in [0.15, 0.2) is 8.32 Å². The first kappa shape index (κ1) is 14.5. The third-order valence-electron chi connectivity index (χ3n) is 3.67. The Kier molecular flexibility index (Phi) is 4.22. The van der Waals surface area contributed by atoms with E-state index < -0.39 is 13.9 Å². The van der Waals surface area contributed by atoms with Crippen LogP contribution in [0.5, 0.6) is 0 Å². The first-order valence-corrected chi connectivity index (χ1v) is 9.88. The zero-order valence-electron chi connectivity index (χ0n) is 11.8. The zero-order valence-corrected chi connectivity index (χ0v) is 12.8. The highest BCUT2D eigenvalue weighted by molar-refractivity contribution is 6.69. The van der Waals surface area contributed by atoms with Crippen LogP contribution in [0.15, 0.2) is 12.2 Å². The van der Waals surface area contributed by atoms with Crippen molar-refractivity contribution in [3.8, 4) is 6.07 Å². The molecule has 0 saturated heterocycles. The van der Waals surface area contributed by atoms with Gasteiger partial charge in [-0.05, 0) is 57.7 Å². The molecule has 0 amide bonds. The lowest BCUT2D eigenvalue weighted by atomic mass is 9.70. The second-order valence-corrected chi connectivity index (χ2v) is 10.9. The van der Waals surface area contributed by atoms with E-state index in [2.05, 4.69) is 46.1 Å². The Hall–Kier alpha value is -0.593. The molecular formula is C14H25NOSi. The molecule has 0 aromatic rings. The number of nitrogens with zero attached hydrogens (tertiary/aromatic N) is 1. The molecule has 0 aliphatic heterocycles. The molecule has 1 fully saturated rings. The molecule has 0 bridgehead atoms. The SMILES string of the molecule is C=C(C)[C@@H]1CCC(C)C(C#N)(O[Si](C)(C)C)C1. The van der Waals surface area contributed by atoms with Gasteiger partial charge in [0.1, 0.15) is 5.60 Å². The summed E-state index contributed by atoms with van der Waals surface area (Å²) in [4.78, 5) is 0. The first-order chi connectivity index (χ1) is 7.70. The maximum Gasteiger partial charge on any atom is 0.185 e. The Morgan fingerprint density at radius 3 is 2.41 bits per heavy atom. The van der Waals surface area contributed by atoms with Gasteiger partial charge in [0.25, 0.3) is 0 Å². The van der Waals surface area contributed by atoms with Gasteiger partial charge in [-0.15, -0.1) is 0 Å². The molecule has 3 atom stereocenters. The van der Waals surface area contributed by atoms with Gasteiger partial charge in [0.2, 0.25) is 0 Å². The average molecular weight is 251 g/mol. The Balaban J connectivity index is 2.95. The predicted octanol–water partition coefficient (Wildman–Crippen LogP) is 4.11. The third kappa shape index (κ3) is 3.43. The summed E-state index contributed by atoms with van der Waals surface area (Å²) in [6.07, 6.45) is 3.04. The smallest absolute Gasteiger partial charge is 0.185 e. The van der Waals surface area contributed by atoms with Gasteiger partial charge < -0.3 is 4.43 Å². The number of hydrogen-bond acceptors (Lipinski definition) is 2. The van der Waals surface area contributed by atoms with Crippen LogP contribution in [-0.4, -0.2) is 13.9 Å². The van der Waals surface area contributed by atoms with Crippen LogP contribution >= 0.6 is 0 Å². The Labute approximate surface area is 107 Å². The lowest BCUT2D eigenvalue weighted by Crippen LogP contribution is -2.49. The van der Waals surface area contributed by atoms with Crippen molar-refractivity contribution in [1.82, 2.24) is 0 Å². The summed E-state index contributed by atoms with van der Waals surface area (Å²) in [5.41, 5.74) is 0.613. The van der Waals surface area contributed by atoms with E-state index >= 15 is 0 Å². The summed E-state index contributed by atoms with van der Waals surface area (Å²) < 4.78 is 6.24. The normalized spacial score (nSPS) is 34.1. The van der Waals surface area contributed by atoms with E-state index in [1.807, 2.05) is 0 Å². The van der Waals surface area contributed by atoms with E-state index in [9.17, 15) is 5.26 Å². The molecule has 0 aromatic carbocycles. The minimum atomic E-state index is -1.70. The van der Waals surface area contributed by atoms with E-state index in [0.29, 0.717) is 11.8 Å². The highest BCUT2D eigenvalue weighted by atomic mass is 28.4. The summed E-state index contributed by atoms with van der Waals surface area (Å²) in [7, 11) is -1.70. The van der Waals surface area contributed by atoms with E-state index in [1.54, 1.807) is 0 Å². The fourth-order valence-electron chi connectivity index (χ4n) is 2.64. The Morgan fingerprint density at radius 1 is 1.41 bits per heavy atom. The molecule has 0 spiro atoms. The van der Waals surface area contributed by atoms with Gasteiger partial charge in [-0.2, -0.15) is 5.26 Å². The lowest BCUT2D eigenvalue weighted by Gasteiger charge is -2.44. The van der Waals surface area contributed by atoms with Gasteiger partial charge in [-0.1, -0.05) is 19.1 Å². The zero-order chi connectivity index (χ0) is 13.3. The van der Waals surface area contributed by atoms with E-state index in [-0.39, 0.29) is 0 Å². The maximum atomic E-state index is 9.59. The molecule has 1 aliphatic carbocycles. The fourth-order valence-corrected chi connectivity index (χ4v) is 4.06. The van der Waals surface area contributed by atoms with Gasteiger partial charge in [0, 0.05) is 0 Å².